The highest BCUT2D eigenvalue weighted by Gasteiger charge is 2.06. The van der Waals surface area contributed by atoms with Crippen LogP contribution < -0.4 is 0 Å². The molecular formula is C11H16N2O. The van der Waals surface area contributed by atoms with E-state index in [1.807, 2.05) is 0 Å². The fourth-order valence-corrected chi connectivity index (χ4v) is 1.75. The highest BCUT2D eigenvalue weighted by Crippen LogP contribution is 2.21. The standard InChI is InChI=1S/C11H16N2O/c12-13-9-11(14)8-4-7-10-5-2-1-3-6-10/h5,9H,1-4,6-8H2. The fraction of sp³-hybridized carbons (Fsp3) is 0.636. The molecule has 76 valence electrons. The lowest BCUT2D eigenvalue weighted by molar-refractivity contribution is -0.116. The second kappa shape index (κ2) is 6.28. The number of allylic oxidation sites excluding steroid dienone is 2. The average Bonchev–Trinajstić information content (AvgIpc) is 2.20. The van der Waals surface area contributed by atoms with Crippen LogP contribution in [-0.4, -0.2) is 16.8 Å². The second-order valence-electron chi connectivity index (χ2n) is 3.67. The molecule has 0 aromatic heterocycles. The molecule has 0 unspecified atom stereocenters. The van der Waals surface area contributed by atoms with Crippen molar-refractivity contribution in [1.82, 2.24) is 0 Å². The van der Waals surface area contributed by atoms with Crippen molar-refractivity contribution in [2.75, 3.05) is 0 Å². The molecule has 0 spiro atoms. The van der Waals surface area contributed by atoms with Crippen molar-refractivity contribution in [3.05, 3.63) is 17.2 Å². The first kappa shape index (κ1) is 10.9. The van der Waals surface area contributed by atoms with Crippen molar-refractivity contribution in [2.24, 2.45) is 0 Å². The van der Waals surface area contributed by atoms with E-state index in [4.69, 9.17) is 5.53 Å². The zero-order chi connectivity index (χ0) is 10.2. The minimum Gasteiger partial charge on any atom is -0.361 e. The van der Waals surface area contributed by atoms with Crippen LogP contribution in [0.4, 0.5) is 0 Å². The number of nitrogens with zero attached hydrogens (tertiary/aromatic N) is 2. The molecule has 0 saturated carbocycles. The van der Waals surface area contributed by atoms with Crippen LogP contribution in [0.1, 0.15) is 44.9 Å². The van der Waals surface area contributed by atoms with Gasteiger partial charge < -0.3 is 5.53 Å². The first-order valence-corrected chi connectivity index (χ1v) is 5.21. The van der Waals surface area contributed by atoms with Crippen LogP contribution in [0, 0.1) is 0 Å². The van der Waals surface area contributed by atoms with Gasteiger partial charge >= 0.3 is 6.21 Å². The molecule has 0 bridgehead atoms. The Bertz CT molecular complexity index is 275. The lowest BCUT2D eigenvalue weighted by Gasteiger charge is -2.11. The Morgan fingerprint density at radius 1 is 1.57 bits per heavy atom. The summed E-state index contributed by atoms with van der Waals surface area (Å²) in [5, 5.41) is 0. The van der Waals surface area contributed by atoms with Crippen molar-refractivity contribution >= 4 is 12.0 Å². The van der Waals surface area contributed by atoms with E-state index < -0.39 is 0 Å². The summed E-state index contributed by atoms with van der Waals surface area (Å²) in [6, 6.07) is 0. The van der Waals surface area contributed by atoms with Gasteiger partial charge in [-0.1, -0.05) is 11.6 Å². The summed E-state index contributed by atoms with van der Waals surface area (Å²) in [4.78, 5) is 13.7. The summed E-state index contributed by atoms with van der Waals surface area (Å²) in [6.07, 6.45) is 10.6. The zero-order valence-corrected chi connectivity index (χ0v) is 8.41. The number of hydrogen-bond donors (Lipinski definition) is 0. The van der Waals surface area contributed by atoms with E-state index >= 15 is 0 Å². The Hall–Kier alpha value is -1.21. The smallest absolute Gasteiger partial charge is 0.323 e. The number of carbonyl (C=O) groups is 1. The first-order chi connectivity index (χ1) is 6.83. The van der Waals surface area contributed by atoms with E-state index in [0.717, 1.165) is 19.1 Å². The summed E-state index contributed by atoms with van der Waals surface area (Å²) >= 11 is 0. The molecule has 0 aromatic rings. The van der Waals surface area contributed by atoms with Gasteiger partial charge in [-0.25, -0.2) is 0 Å². The van der Waals surface area contributed by atoms with Crippen LogP contribution in [0.3, 0.4) is 0 Å². The number of Topliss-reactive ketones (excluding diaryl/α,β-unsaturated/α-hetero) is 1. The lowest BCUT2D eigenvalue weighted by Crippen LogP contribution is -2.00. The Kier molecular flexibility index (Phi) is 4.87. The highest BCUT2D eigenvalue weighted by atomic mass is 16.1. The predicted molar refractivity (Wildman–Crippen MR) is 55.1 cm³/mol. The van der Waals surface area contributed by atoms with Crippen LogP contribution in [0.25, 0.3) is 5.53 Å². The van der Waals surface area contributed by atoms with Crippen molar-refractivity contribution in [3.8, 4) is 0 Å². The maximum atomic E-state index is 11.0. The van der Waals surface area contributed by atoms with Crippen LogP contribution in [-0.2, 0) is 4.79 Å². The summed E-state index contributed by atoms with van der Waals surface area (Å²) in [5.41, 5.74) is 9.61. The third-order valence-electron chi connectivity index (χ3n) is 2.51. The van der Waals surface area contributed by atoms with Crippen molar-refractivity contribution in [3.63, 3.8) is 0 Å². The van der Waals surface area contributed by atoms with E-state index in [-0.39, 0.29) is 5.78 Å². The molecule has 1 rings (SSSR count). The number of carbonyl (C=O) groups excluding carboxylic acids is 1. The SMILES string of the molecule is [N-]=[N+]=CC(=O)CCCC1=CCCCC1. The first-order valence-electron chi connectivity index (χ1n) is 5.21. The minimum absolute atomic E-state index is 0.0936. The minimum atomic E-state index is -0.0936. The predicted octanol–water partition coefficient (Wildman–Crippen LogP) is 2.53. The largest absolute Gasteiger partial charge is 0.361 e. The maximum absolute atomic E-state index is 11.0. The van der Waals surface area contributed by atoms with Gasteiger partial charge in [0.15, 0.2) is 0 Å². The lowest BCUT2D eigenvalue weighted by atomic mass is 9.95. The molecular weight excluding hydrogens is 176 g/mol. The van der Waals surface area contributed by atoms with Gasteiger partial charge in [0.05, 0.1) is 0 Å². The van der Waals surface area contributed by atoms with E-state index in [1.165, 1.54) is 31.3 Å². The summed E-state index contributed by atoms with van der Waals surface area (Å²) < 4.78 is 0. The van der Waals surface area contributed by atoms with Gasteiger partial charge in [0.25, 0.3) is 0 Å². The van der Waals surface area contributed by atoms with E-state index in [0.29, 0.717) is 6.42 Å². The molecule has 0 aliphatic heterocycles. The van der Waals surface area contributed by atoms with Gasteiger partial charge in [-0.05, 0) is 38.5 Å². The van der Waals surface area contributed by atoms with Crippen molar-refractivity contribution in [2.45, 2.75) is 44.9 Å². The third kappa shape index (κ3) is 4.15. The van der Waals surface area contributed by atoms with Crippen LogP contribution >= 0.6 is 0 Å². The van der Waals surface area contributed by atoms with Crippen LogP contribution in [0.2, 0.25) is 0 Å². The molecule has 1 aliphatic rings. The van der Waals surface area contributed by atoms with Gasteiger partial charge in [0.1, 0.15) is 0 Å². The van der Waals surface area contributed by atoms with Crippen molar-refractivity contribution in [1.29, 1.82) is 0 Å². The average molecular weight is 192 g/mol. The quantitative estimate of drug-likeness (QED) is 0.286. The molecule has 3 nitrogen and oxygen atoms in total. The molecule has 14 heavy (non-hydrogen) atoms. The van der Waals surface area contributed by atoms with Gasteiger partial charge in [0, 0.05) is 6.42 Å². The molecule has 0 atom stereocenters. The second-order valence-corrected chi connectivity index (χ2v) is 3.67. The van der Waals surface area contributed by atoms with Gasteiger partial charge in [-0.3, -0.25) is 4.79 Å². The van der Waals surface area contributed by atoms with Gasteiger partial charge in [0.2, 0.25) is 5.78 Å². The molecule has 3 heteroatoms. The topological polar surface area (TPSA) is 53.5 Å². The molecule has 0 radical (unpaired) electrons. The molecule has 0 heterocycles. The molecule has 1 aliphatic carbocycles. The van der Waals surface area contributed by atoms with E-state index in [2.05, 4.69) is 10.9 Å². The number of rotatable bonds is 5. The Balaban J connectivity index is 2.17. The normalized spacial score (nSPS) is 15.6. The number of hydrogen-bond acceptors (Lipinski definition) is 1. The van der Waals surface area contributed by atoms with Crippen LogP contribution in [0.15, 0.2) is 11.6 Å². The van der Waals surface area contributed by atoms with E-state index in [1.54, 1.807) is 0 Å². The van der Waals surface area contributed by atoms with E-state index in [9.17, 15) is 4.79 Å². The molecule has 0 amide bonds. The third-order valence-corrected chi connectivity index (χ3v) is 2.51. The Morgan fingerprint density at radius 2 is 2.43 bits per heavy atom. The highest BCUT2D eigenvalue weighted by molar-refractivity contribution is 6.25. The van der Waals surface area contributed by atoms with Gasteiger partial charge in [-0.2, -0.15) is 4.79 Å². The molecule has 0 saturated heterocycles. The maximum Gasteiger partial charge on any atom is 0.323 e. The number of ketones is 1. The summed E-state index contributed by atoms with van der Waals surface area (Å²) in [6.45, 7) is 0. The fourth-order valence-electron chi connectivity index (χ4n) is 1.75. The monoisotopic (exact) mass is 192 g/mol. The summed E-state index contributed by atoms with van der Waals surface area (Å²) in [7, 11) is 0. The van der Waals surface area contributed by atoms with Gasteiger partial charge in [-0.15, -0.1) is 0 Å². The molecule has 0 fully saturated rings. The zero-order valence-electron chi connectivity index (χ0n) is 8.41. The Labute approximate surface area is 84.4 Å². The van der Waals surface area contributed by atoms with Crippen LogP contribution in [0.5, 0.6) is 0 Å². The van der Waals surface area contributed by atoms with Crippen molar-refractivity contribution < 1.29 is 9.58 Å². The molecule has 0 N–H and O–H groups in total. The Morgan fingerprint density at radius 3 is 3.07 bits per heavy atom. The summed E-state index contributed by atoms with van der Waals surface area (Å²) in [5.74, 6) is -0.0936. The molecule has 0 aromatic carbocycles.